The first-order chi connectivity index (χ1) is 11.9. The summed E-state index contributed by atoms with van der Waals surface area (Å²) in [4.78, 5) is 12.4. The number of amides is 1. The Bertz CT molecular complexity index is 846. The van der Waals surface area contributed by atoms with Gasteiger partial charge in [-0.1, -0.05) is 26.0 Å². The van der Waals surface area contributed by atoms with E-state index in [9.17, 15) is 13.2 Å². The molecule has 0 unspecified atom stereocenters. The largest absolute Gasteiger partial charge is 0.321 e. The van der Waals surface area contributed by atoms with Crippen LogP contribution >= 0.6 is 0 Å². The molecule has 0 aliphatic heterocycles. The fraction of sp³-hybridized carbons (Fsp3) is 0.333. The van der Waals surface area contributed by atoms with Gasteiger partial charge in [0.2, 0.25) is 16.6 Å². The highest BCUT2D eigenvalue weighted by molar-refractivity contribution is 7.89. The third kappa shape index (κ3) is 4.64. The second-order valence-corrected chi connectivity index (χ2v) is 7.57. The highest BCUT2D eigenvalue weighted by Gasteiger charge is 2.22. The van der Waals surface area contributed by atoms with Crippen LogP contribution in [0, 0.1) is 6.92 Å². The van der Waals surface area contributed by atoms with Crippen LogP contribution in [0.25, 0.3) is 0 Å². The third-order valence-corrected chi connectivity index (χ3v) is 5.99. The lowest BCUT2D eigenvalue weighted by Crippen LogP contribution is -2.42. The molecule has 0 saturated heterocycles. The second kappa shape index (κ2) is 8.22. The van der Waals surface area contributed by atoms with Crippen molar-refractivity contribution in [2.24, 2.45) is 0 Å². The van der Waals surface area contributed by atoms with Crippen LogP contribution in [0.4, 0.5) is 5.69 Å². The molecule has 7 heteroatoms. The van der Waals surface area contributed by atoms with Crippen molar-refractivity contribution in [3.05, 3.63) is 54.4 Å². The number of sulfonamides is 1. The minimum atomic E-state index is -3.55. The summed E-state index contributed by atoms with van der Waals surface area (Å²) in [6.07, 6.45) is 1.83. The van der Waals surface area contributed by atoms with E-state index in [-0.39, 0.29) is 17.3 Å². The van der Waals surface area contributed by atoms with Gasteiger partial charge in [-0.15, -0.1) is 0 Å². The predicted octanol–water partition coefficient (Wildman–Crippen LogP) is 1.95. The maximum Gasteiger partial charge on any atom is 0.290 e. The molecule has 0 bridgehead atoms. The smallest absolute Gasteiger partial charge is 0.290 e. The molecule has 0 aliphatic rings. The van der Waals surface area contributed by atoms with Crippen molar-refractivity contribution in [1.82, 2.24) is 4.31 Å². The van der Waals surface area contributed by atoms with E-state index in [1.807, 2.05) is 35.9 Å². The van der Waals surface area contributed by atoms with Crippen LogP contribution in [-0.2, 0) is 21.4 Å². The standard InChI is InChI=1S/C18H23N3O3S/c1-4-21(5-2)25(23,24)17-11-8-10-16(13-17)19-18(22)14-20-12-7-6-9-15(20)3/h6-13H,4-5,14H2,1-3H3/p+1. The summed E-state index contributed by atoms with van der Waals surface area (Å²) in [6.45, 7) is 6.49. The average Bonchev–Trinajstić information content (AvgIpc) is 2.58. The second-order valence-electron chi connectivity index (χ2n) is 5.64. The van der Waals surface area contributed by atoms with Gasteiger partial charge in [0.05, 0.1) is 4.90 Å². The molecule has 1 heterocycles. The van der Waals surface area contributed by atoms with Crippen LogP contribution in [0.1, 0.15) is 19.5 Å². The normalized spacial score (nSPS) is 11.5. The van der Waals surface area contributed by atoms with E-state index in [1.54, 1.807) is 32.0 Å². The topological polar surface area (TPSA) is 70.4 Å². The quantitative estimate of drug-likeness (QED) is 0.766. The molecule has 0 fully saturated rings. The number of pyridine rings is 1. The lowest BCUT2D eigenvalue weighted by molar-refractivity contribution is -0.690. The molecule has 0 spiro atoms. The van der Waals surface area contributed by atoms with Crippen molar-refractivity contribution in [2.45, 2.75) is 32.2 Å². The first-order valence-corrected chi connectivity index (χ1v) is 9.67. The Balaban J connectivity index is 2.16. The van der Waals surface area contributed by atoms with Gasteiger partial charge in [-0.25, -0.2) is 8.42 Å². The van der Waals surface area contributed by atoms with E-state index in [4.69, 9.17) is 0 Å². The van der Waals surface area contributed by atoms with E-state index in [1.165, 1.54) is 10.4 Å². The minimum absolute atomic E-state index is 0.166. The first-order valence-electron chi connectivity index (χ1n) is 8.23. The molecular weight excluding hydrogens is 338 g/mol. The zero-order valence-corrected chi connectivity index (χ0v) is 15.6. The zero-order valence-electron chi connectivity index (χ0n) is 14.8. The van der Waals surface area contributed by atoms with Crippen LogP contribution in [0.15, 0.2) is 53.6 Å². The summed E-state index contributed by atoms with van der Waals surface area (Å²) in [5, 5.41) is 2.76. The first kappa shape index (κ1) is 19.1. The van der Waals surface area contributed by atoms with Crippen LogP contribution in [0.2, 0.25) is 0 Å². The molecule has 1 aromatic carbocycles. The number of nitrogens with one attached hydrogen (secondary N) is 1. The van der Waals surface area contributed by atoms with Gasteiger partial charge in [0.15, 0.2) is 11.9 Å². The van der Waals surface area contributed by atoms with Gasteiger partial charge in [-0.2, -0.15) is 8.87 Å². The molecule has 25 heavy (non-hydrogen) atoms. The van der Waals surface area contributed by atoms with Crippen molar-refractivity contribution >= 4 is 21.6 Å². The number of nitrogens with zero attached hydrogens (tertiary/aromatic N) is 2. The monoisotopic (exact) mass is 362 g/mol. The number of hydrogen-bond acceptors (Lipinski definition) is 3. The molecule has 0 radical (unpaired) electrons. The Morgan fingerprint density at radius 2 is 1.84 bits per heavy atom. The number of benzene rings is 1. The maximum atomic E-state index is 12.6. The highest BCUT2D eigenvalue weighted by Crippen LogP contribution is 2.19. The predicted molar refractivity (Wildman–Crippen MR) is 96.6 cm³/mol. The summed E-state index contributed by atoms with van der Waals surface area (Å²) >= 11 is 0. The number of hydrogen-bond donors (Lipinski definition) is 1. The Hall–Kier alpha value is -2.25. The van der Waals surface area contributed by atoms with Crippen molar-refractivity contribution in [2.75, 3.05) is 18.4 Å². The molecule has 134 valence electrons. The number of anilines is 1. The molecule has 2 aromatic rings. The lowest BCUT2D eigenvalue weighted by atomic mass is 10.3. The molecule has 6 nitrogen and oxygen atoms in total. The van der Waals surface area contributed by atoms with Crippen LogP contribution in [0.3, 0.4) is 0 Å². The number of rotatable bonds is 7. The molecule has 1 N–H and O–H groups in total. The summed E-state index contributed by atoms with van der Waals surface area (Å²) in [7, 11) is -3.55. The fourth-order valence-electron chi connectivity index (χ4n) is 2.54. The van der Waals surface area contributed by atoms with Gasteiger partial charge in [-0.3, -0.25) is 4.79 Å². The van der Waals surface area contributed by atoms with E-state index in [0.29, 0.717) is 18.8 Å². The summed E-state index contributed by atoms with van der Waals surface area (Å²) in [5.74, 6) is -0.211. The van der Waals surface area contributed by atoms with Crippen LogP contribution in [0.5, 0.6) is 0 Å². The average molecular weight is 362 g/mol. The summed E-state index contributed by atoms with van der Waals surface area (Å²) in [5.41, 5.74) is 1.43. The van der Waals surface area contributed by atoms with E-state index < -0.39 is 10.0 Å². The van der Waals surface area contributed by atoms with Crippen molar-refractivity contribution in [3.63, 3.8) is 0 Å². The van der Waals surface area contributed by atoms with Crippen molar-refractivity contribution in [3.8, 4) is 0 Å². The van der Waals surface area contributed by atoms with Crippen LogP contribution in [-0.4, -0.2) is 31.7 Å². The zero-order chi connectivity index (χ0) is 18.4. The van der Waals surface area contributed by atoms with Gasteiger partial charge >= 0.3 is 0 Å². The molecular formula is C18H24N3O3S+. The molecule has 2 rings (SSSR count). The van der Waals surface area contributed by atoms with Gasteiger partial charge < -0.3 is 5.32 Å². The lowest BCUT2D eigenvalue weighted by Gasteiger charge is -2.18. The number of aromatic nitrogens is 1. The van der Waals surface area contributed by atoms with Crippen LogP contribution < -0.4 is 9.88 Å². The highest BCUT2D eigenvalue weighted by atomic mass is 32.2. The Morgan fingerprint density at radius 1 is 1.12 bits per heavy atom. The number of carbonyl (C=O) groups is 1. The minimum Gasteiger partial charge on any atom is -0.321 e. The van der Waals surface area contributed by atoms with E-state index in [0.717, 1.165) is 5.69 Å². The third-order valence-electron chi connectivity index (χ3n) is 3.94. The molecule has 1 amide bonds. The van der Waals surface area contributed by atoms with Gasteiger partial charge in [0.25, 0.3) is 5.91 Å². The van der Waals surface area contributed by atoms with Crippen molar-refractivity contribution < 1.29 is 17.8 Å². The van der Waals surface area contributed by atoms with Gasteiger partial charge in [0.1, 0.15) is 0 Å². The number of carbonyl (C=O) groups excluding carboxylic acids is 1. The SMILES string of the molecule is CCN(CC)S(=O)(=O)c1cccc(NC(=O)C[n+]2ccccc2C)c1. The van der Waals surface area contributed by atoms with E-state index in [2.05, 4.69) is 5.32 Å². The van der Waals surface area contributed by atoms with Gasteiger partial charge in [-0.05, 0) is 18.2 Å². The molecule has 0 saturated carbocycles. The molecule has 0 atom stereocenters. The molecule has 1 aromatic heterocycles. The number of aryl methyl sites for hydroxylation is 1. The fourth-order valence-corrected chi connectivity index (χ4v) is 4.05. The molecule has 0 aliphatic carbocycles. The Morgan fingerprint density at radius 3 is 2.48 bits per heavy atom. The summed E-state index contributed by atoms with van der Waals surface area (Å²) in [6, 6.07) is 12.0. The Labute approximate surface area is 149 Å². The van der Waals surface area contributed by atoms with E-state index >= 15 is 0 Å². The van der Waals surface area contributed by atoms with Gasteiger partial charge in [0, 0.05) is 37.8 Å². The Kier molecular flexibility index (Phi) is 6.27. The van der Waals surface area contributed by atoms with Crippen molar-refractivity contribution in [1.29, 1.82) is 0 Å². The maximum absolute atomic E-state index is 12.6. The summed E-state index contributed by atoms with van der Waals surface area (Å²) < 4.78 is 28.4.